The number of halogens is 3. The molecule has 212 valence electrons. The number of rotatable bonds is 8. The standard InChI is InChI=1S/C23H33F3N6O5S/c1-38(35,36)17-4-5-19(27-13-17)30-8-10-31(11-9-30)20(33)6-12-37-15-16-3-2-7-32(16)18-14-28-29-22(34)21(18)23(24,25)26/h4-5,13,16,18,21,28H,2-3,6-12,14-15H2,1H3,(H,29,34)/t16-,18?,21?/m0/s1. The summed E-state index contributed by atoms with van der Waals surface area (Å²) in [5.41, 5.74) is 4.65. The van der Waals surface area contributed by atoms with Crippen molar-refractivity contribution in [1.82, 2.24) is 25.6 Å². The lowest BCUT2D eigenvalue weighted by molar-refractivity contribution is -0.201. The van der Waals surface area contributed by atoms with E-state index in [1.54, 1.807) is 15.9 Å². The Hall–Kier alpha value is -2.49. The monoisotopic (exact) mass is 562 g/mol. The zero-order valence-corrected chi connectivity index (χ0v) is 21.9. The molecule has 2 amide bonds. The van der Waals surface area contributed by atoms with E-state index in [2.05, 4.69) is 15.8 Å². The first kappa shape index (κ1) is 28.5. The molecule has 0 spiro atoms. The third-order valence-corrected chi connectivity index (χ3v) is 8.36. The summed E-state index contributed by atoms with van der Waals surface area (Å²) in [6, 6.07) is 1.91. The normalized spacial score (nSPS) is 25.5. The van der Waals surface area contributed by atoms with Crippen LogP contribution in [0.5, 0.6) is 0 Å². The van der Waals surface area contributed by atoms with Crippen molar-refractivity contribution < 1.29 is 35.9 Å². The molecule has 15 heteroatoms. The third kappa shape index (κ3) is 6.74. The highest BCUT2D eigenvalue weighted by atomic mass is 32.2. The molecule has 4 heterocycles. The van der Waals surface area contributed by atoms with Gasteiger partial charge in [-0.25, -0.2) is 18.8 Å². The smallest absolute Gasteiger partial charge is 0.379 e. The van der Waals surface area contributed by atoms with Gasteiger partial charge in [-0.1, -0.05) is 0 Å². The number of hydrogen-bond donors (Lipinski definition) is 2. The van der Waals surface area contributed by atoms with E-state index in [-0.39, 0.29) is 43.0 Å². The number of carbonyl (C=O) groups is 2. The number of nitrogens with one attached hydrogen (secondary N) is 2. The number of nitrogens with zero attached hydrogens (tertiary/aromatic N) is 4. The first-order valence-corrected chi connectivity index (χ1v) is 14.5. The number of hydrazine groups is 1. The lowest BCUT2D eigenvalue weighted by Crippen LogP contribution is -2.65. The van der Waals surface area contributed by atoms with E-state index in [1.165, 1.54) is 12.3 Å². The van der Waals surface area contributed by atoms with Crippen LogP contribution in [0.15, 0.2) is 23.2 Å². The van der Waals surface area contributed by atoms with Gasteiger partial charge in [-0.05, 0) is 31.5 Å². The van der Waals surface area contributed by atoms with E-state index in [9.17, 15) is 31.2 Å². The van der Waals surface area contributed by atoms with Crippen LogP contribution in [-0.2, 0) is 24.2 Å². The molecule has 0 aliphatic carbocycles. The van der Waals surface area contributed by atoms with Crippen LogP contribution in [0, 0.1) is 5.92 Å². The van der Waals surface area contributed by atoms with Gasteiger partial charge in [0.2, 0.25) is 11.8 Å². The van der Waals surface area contributed by atoms with Crippen LogP contribution < -0.4 is 15.8 Å². The molecule has 0 aromatic carbocycles. The van der Waals surface area contributed by atoms with E-state index in [0.717, 1.165) is 6.26 Å². The first-order valence-electron chi connectivity index (χ1n) is 12.6. The molecule has 0 saturated carbocycles. The van der Waals surface area contributed by atoms with Crippen LogP contribution in [-0.4, -0.2) is 112 Å². The van der Waals surface area contributed by atoms with E-state index in [1.807, 2.05) is 4.90 Å². The van der Waals surface area contributed by atoms with Crippen LogP contribution in [0.2, 0.25) is 0 Å². The fourth-order valence-electron chi connectivity index (χ4n) is 5.26. The molecule has 2 N–H and O–H groups in total. The lowest BCUT2D eigenvalue weighted by atomic mass is 9.94. The maximum Gasteiger partial charge on any atom is 0.402 e. The lowest BCUT2D eigenvalue weighted by Gasteiger charge is -2.40. The van der Waals surface area contributed by atoms with E-state index >= 15 is 0 Å². The summed E-state index contributed by atoms with van der Waals surface area (Å²) in [5, 5.41) is 0. The minimum Gasteiger partial charge on any atom is -0.379 e. The van der Waals surface area contributed by atoms with Gasteiger partial charge in [0, 0.05) is 57.3 Å². The van der Waals surface area contributed by atoms with Gasteiger partial charge in [0.25, 0.3) is 0 Å². The number of ether oxygens (including phenoxy) is 1. The maximum absolute atomic E-state index is 13.6. The Morgan fingerprint density at radius 1 is 1.18 bits per heavy atom. The second-order valence-electron chi connectivity index (χ2n) is 9.81. The highest BCUT2D eigenvalue weighted by molar-refractivity contribution is 7.90. The van der Waals surface area contributed by atoms with Gasteiger partial charge in [0.05, 0.1) is 24.5 Å². The zero-order valence-electron chi connectivity index (χ0n) is 21.1. The first-order chi connectivity index (χ1) is 17.9. The van der Waals surface area contributed by atoms with E-state index in [4.69, 9.17) is 4.74 Å². The molecule has 3 saturated heterocycles. The van der Waals surface area contributed by atoms with Crippen molar-refractivity contribution in [2.24, 2.45) is 5.92 Å². The molecule has 1 aromatic rings. The fourth-order valence-corrected chi connectivity index (χ4v) is 5.82. The van der Waals surface area contributed by atoms with E-state index < -0.39 is 33.9 Å². The van der Waals surface area contributed by atoms with Crippen LogP contribution >= 0.6 is 0 Å². The molecule has 3 fully saturated rings. The van der Waals surface area contributed by atoms with Crippen molar-refractivity contribution in [1.29, 1.82) is 0 Å². The van der Waals surface area contributed by atoms with Gasteiger partial charge < -0.3 is 14.5 Å². The largest absolute Gasteiger partial charge is 0.402 e. The maximum atomic E-state index is 13.6. The fraction of sp³-hybridized carbons (Fsp3) is 0.696. The Labute approximate surface area is 219 Å². The van der Waals surface area contributed by atoms with Crippen molar-refractivity contribution in [3.8, 4) is 0 Å². The van der Waals surface area contributed by atoms with Crippen molar-refractivity contribution in [2.45, 2.75) is 42.4 Å². The van der Waals surface area contributed by atoms with Gasteiger partial charge >= 0.3 is 6.18 Å². The zero-order chi connectivity index (χ0) is 27.5. The Bertz CT molecular complexity index is 1100. The van der Waals surface area contributed by atoms with Crippen LogP contribution in [0.4, 0.5) is 19.0 Å². The summed E-state index contributed by atoms with van der Waals surface area (Å²) in [6.07, 6.45) is -0.653. The third-order valence-electron chi connectivity index (χ3n) is 7.27. The molecular weight excluding hydrogens is 529 g/mol. The summed E-state index contributed by atoms with van der Waals surface area (Å²) in [6.45, 7) is 2.88. The number of hydrogen-bond acceptors (Lipinski definition) is 9. The number of carbonyl (C=O) groups excluding carboxylic acids is 2. The molecule has 38 heavy (non-hydrogen) atoms. The number of amides is 2. The number of alkyl halides is 3. The van der Waals surface area contributed by atoms with Crippen molar-refractivity contribution in [3.05, 3.63) is 18.3 Å². The number of likely N-dealkylation sites (tertiary alicyclic amines) is 1. The molecule has 11 nitrogen and oxygen atoms in total. The summed E-state index contributed by atoms with van der Waals surface area (Å²) in [7, 11) is -3.32. The van der Waals surface area contributed by atoms with E-state index in [0.29, 0.717) is 51.4 Å². The molecule has 3 aliphatic heterocycles. The number of piperazine rings is 1. The molecule has 0 bridgehead atoms. The second-order valence-corrected chi connectivity index (χ2v) is 11.8. The highest BCUT2D eigenvalue weighted by Gasteiger charge is 2.54. The van der Waals surface area contributed by atoms with Crippen LogP contribution in [0.25, 0.3) is 0 Å². The molecular formula is C23H33F3N6O5S. The summed E-state index contributed by atoms with van der Waals surface area (Å²) in [5.74, 6) is -2.60. The van der Waals surface area contributed by atoms with Gasteiger partial charge in [-0.15, -0.1) is 0 Å². The highest BCUT2D eigenvalue weighted by Crippen LogP contribution is 2.35. The molecule has 3 aliphatic rings. The molecule has 1 aromatic heterocycles. The van der Waals surface area contributed by atoms with Gasteiger partial charge in [-0.2, -0.15) is 13.2 Å². The Morgan fingerprint density at radius 3 is 2.55 bits per heavy atom. The van der Waals surface area contributed by atoms with Crippen LogP contribution in [0.1, 0.15) is 19.3 Å². The molecule has 4 rings (SSSR count). The predicted molar refractivity (Wildman–Crippen MR) is 131 cm³/mol. The second kappa shape index (κ2) is 11.7. The number of pyridine rings is 1. The SMILES string of the molecule is CS(=O)(=O)c1ccc(N2CCN(C(=O)CCOC[C@@H]3CCCN3C3CNNC(=O)C3C(F)(F)F)CC2)nc1. The quantitative estimate of drug-likeness (QED) is 0.427. The molecule has 3 atom stereocenters. The summed E-state index contributed by atoms with van der Waals surface area (Å²) in [4.78, 5) is 34.4. The van der Waals surface area contributed by atoms with Crippen molar-refractivity contribution >= 4 is 27.5 Å². The number of aromatic nitrogens is 1. The van der Waals surface area contributed by atoms with Crippen molar-refractivity contribution in [3.63, 3.8) is 0 Å². The summed E-state index contributed by atoms with van der Waals surface area (Å²) < 4.78 is 69.6. The minimum atomic E-state index is -4.64. The average molecular weight is 563 g/mol. The molecule has 0 radical (unpaired) electrons. The predicted octanol–water partition coefficient (Wildman–Crippen LogP) is 0.186. The van der Waals surface area contributed by atoms with Gasteiger partial charge in [0.1, 0.15) is 5.82 Å². The molecule has 2 unspecified atom stereocenters. The average Bonchev–Trinajstić information content (AvgIpc) is 3.34. The van der Waals surface area contributed by atoms with Gasteiger partial charge in [-0.3, -0.25) is 19.9 Å². The Balaban J connectivity index is 1.20. The Kier molecular flexibility index (Phi) is 8.79. The topological polar surface area (TPSA) is 124 Å². The number of anilines is 1. The van der Waals surface area contributed by atoms with Crippen molar-refractivity contribution in [2.75, 3.05) is 63.6 Å². The summed E-state index contributed by atoms with van der Waals surface area (Å²) >= 11 is 0. The van der Waals surface area contributed by atoms with Gasteiger partial charge in [0.15, 0.2) is 15.8 Å². The number of sulfone groups is 1. The minimum absolute atomic E-state index is 0.00571. The Morgan fingerprint density at radius 2 is 1.92 bits per heavy atom. The van der Waals surface area contributed by atoms with Crippen LogP contribution in [0.3, 0.4) is 0 Å².